The van der Waals surface area contributed by atoms with E-state index >= 15 is 0 Å². The Morgan fingerprint density at radius 3 is 2.29 bits per heavy atom. The molecule has 12 heteroatoms. The summed E-state index contributed by atoms with van der Waals surface area (Å²) < 4.78 is 22.5. The van der Waals surface area contributed by atoms with Crippen LogP contribution in [0.2, 0.25) is 0 Å². The molecular formula is C12H17N3O7P2. The second-order valence-electron chi connectivity index (χ2n) is 5.13. The average molecular weight is 377 g/mol. The molecule has 0 unspecified atom stereocenters. The van der Waals surface area contributed by atoms with E-state index in [-0.39, 0.29) is 13.0 Å². The number of nitrogens with one attached hydrogen (secondary N) is 1. The van der Waals surface area contributed by atoms with E-state index in [1.54, 1.807) is 24.3 Å². The minimum Gasteiger partial charge on any atom is -0.369 e. The fourth-order valence-electron chi connectivity index (χ4n) is 2.14. The Hall–Kier alpha value is -1.38. The van der Waals surface area contributed by atoms with E-state index in [4.69, 9.17) is 19.6 Å². The number of para-hydroxylation sites is 1. The molecule has 0 atom stereocenters. The van der Waals surface area contributed by atoms with Crippen molar-refractivity contribution in [2.45, 2.75) is 17.9 Å². The Bertz CT molecular complexity index is 792. The fraction of sp³-hybridized carbons (Fsp3) is 0.333. The molecule has 0 radical (unpaired) electrons. The molecule has 0 aliphatic heterocycles. The van der Waals surface area contributed by atoms with Gasteiger partial charge in [-0.05, 0) is 18.6 Å². The van der Waals surface area contributed by atoms with E-state index in [9.17, 15) is 14.2 Å². The standard InChI is InChI=1S/C12H17N3O7P2/c16-12(23(17,18)19,24(20,21)22)6-3-7-13-11-9-4-1-2-5-10(9)14-8-15-11/h1-2,4-5,8,16H,3,6-7H2,(H,13,14,15)(H2,17,18,19)(H2,20,21,22). The molecule has 1 aromatic heterocycles. The minimum absolute atomic E-state index is 0.0866. The summed E-state index contributed by atoms with van der Waals surface area (Å²) >= 11 is 0. The van der Waals surface area contributed by atoms with Crippen molar-refractivity contribution in [1.82, 2.24) is 9.97 Å². The maximum absolute atomic E-state index is 11.3. The second kappa shape index (κ2) is 6.85. The summed E-state index contributed by atoms with van der Waals surface area (Å²) in [7, 11) is -10.8. The third-order valence-corrected chi connectivity index (χ3v) is 7.33. The van der Waals surface area contributed by atoms with Gasteiger partial charge in [-0.25, -0.2) is 9.97 Å². The van der Waals surface area contributed by atoms with Crippen LogP contribution in [-0.2, 0) is 9.13 Å². The van der Waals surface area contributed by atoms with Crippen LogP contribution in [0.1, 0.15) is 12.8 Å². The van der Waals surface area contributed by atoms with Crippen LogP contribution in [0, 0.1) is 0 Å². The van der Waals surface area contributed by atoms with Gasteiger partial charge >= 0.3 is 15.2 Å². The molecule has 0 saturated heterocycles. The molecule has 0 spiro atoms. The number of benzene rings is 1. The number of aromatic nitrogens is 2. The first-order valence-corrected chi connectivity index (χ1v) is 10.1. The van der Waals surface area contributed by atoms with Gasteiger partial charge in [0.1, 0.15) is 12.1 Å². The molecule has 132 valence electrons. The zero-order valence-electron chi connectivity index (χ0n) is 12.3. The molecule has 2 aromatic rings. The fourth-order valence-corrected chi connectivity index (χ4v) is 4.40. The van der Waals surface area contributed by atoms with E-state index in [0.29, 0.717) is 11.3 Å². The molecule has 10 nitrogen and oxygen atoms in total. The topological polar surface area (TPSA) is 173 Å². The molecule has 0 amide bonds. The average Bonchev–Trinajstić information content (AvgIpc) is 2.49. The van der Waals surface area contributed by atoms with Crippen molar-refractivity contribution in [1.29, 1.82) is 0 Å². The van der Waals surface area contributed by atoms with Gasteiger partial charge in [0.2, 0.25) is 0 Å². The van der Waals surface area contributed by atoms with E-state index in [1.807, 2.05) is 0 Å². The monoisotopic (exact) mass is 377 g/mol. The van der Waals surface area contributed by atoms with Gasteiger partial charge in [0.05, 0.1) is 5.52 Å². The van der Waals surface area contributed by atoms with Crippen molar-refractivity contribution in [3.8, 4) is 0 Å². The molecule has 2 rings (SSSR count). The van der Waals surface area contributed by atoms with Crippen LogP contribution in [0.15, 0.2) is 30.6 Å². The summed E-state index contributed by atoms with van der Waals surface area (Å²) in [6.07, 6.45) is 0.453. The summed E-state index contributed by atoms with van der Waals surface area (Å²) in [6, 6.07) is 7.15. The smallest absolute Gasteiger partial charge is 0.369 e. The van der Waals surface area contributed by atoms with Crippen LogP contribution in [-0.4, -0.2) is 46.3 Å². The summed E-state index contributed by atoms with van der Waals surface area (Å²) in [5, 5.41) is 10.00. The van der Waals surface area contributed by atoms with E-state index in [1.165, 1.54) is 6.33 Å². The van der Waals surface area contributed by atoms with Gasteiger partial charge in [-0.3, -0.25) is 9.13 Å². The van der Waals surface area contributed by atoms with Gasteiger partial charge in [0.25, 0.3) is 5.08 Å². The van der Waals surface area contributed by atoms with Gasteiger partial charge in [0.15, 0.2) is 0 Å². The first kappa shape index (κ1) is 19.0. The zero-order chi connectivity index (χ0) is 18.0. The predicted octanol–water partition coefficient (Wildman–Crippen LogP) is 0.823. The third-order valence-electron chi connectivity index (χ3n) is 3.46. The largest absolute Gasteiger partial charge is 0.369 e. The highest BCUT2D eigenvalue weighted by atomic mass is 31.2. The number of rotatable bonds is 7. The van der Waals surface area contributed by atoms with Gasteiger partial charge in [0, 0.05) is 18.4 Å². The zero-order valence-corrected chi connectivity index (χ0v) is 14.1. The molecule has 0 bridgehead atoms. The maximum atomic E-state index is 11.3. The van der Waals surface area contributed by atoms with Crippen molar-refractivity contribution in [3.63, 3.8) is 0 Å². The summed E-state index contributed by atoms with van der Waals surface area (Å²) in [5.41, 5.74) is 0.692. The Labute approximate surface area is 136 Å². The molecule has 0 saturated carbocycles. The van der Waals surface area contributed by atoms with Gasteiger partial charge in [-0.1, -0.05) is 12.1 Å². The van der Waals surface area contributed by atoms with Crippen molar-refractivity contribution in [3.05, 3.63) is 30.6 Å². The molecule has 0 aliphatic rings. The van der Waals surface area contributed by atoms with Crippen LogP contribution in [0.3, 0.4) is 0 Å². The Kier molecular flexibility index (Phi) is 5.41. The Balaban J connectivity index is 2.06. The van der Waals surface area contributed by atoms with Gasteiger partial charge in [-0.2, -0.15) is 0 Å². The van der Waals surface area contributed by atoms with E-state index in [0.717, 1.165) is 5.39 Å². The molecule has 0 aliphatic carbocycles. The summed E-state index contributed by atoms with van der Waals surface area (Å²) in [6.45, 7) is 0.0866. The van der Waals surface area contributed by atoms with Crippen LogP contribution >= 0.6 is 15.2 Å². The SMILES string of the molecule is O=P(O)(O)C(O)(CCCNc1ncnc2ccccc12)P(=O)(O)O. The molecule has 0 fully saturated rings. The first-order valence-electron chi connectivity index (χ1n) is 6.83. The van der Waals surface area contributed by atoms with Gasteiger partial charge in [-0.15, -0.1) is 0 Å². The molecule has 24 heavy (non-hydrogen) atoms. The Morgan fingerprint density at radius 1 is 1.04 bits per heavy atom. The van der Waals surface area contributed by atoms with Crippen molar-refractivity contribution in [2.75, 3.05) is 11.9 Å². The van der Waals surface area contributed by atoms with Crippen molar-refractivity contribution < 1.29 is 33.8 Å². The van der Waals surface area contributed by atoms with E-state index in [2.05, 4.69) is 15.3 Å². The lowest BCUT2D eigenvalue weighted by Gasteiger charge is -2.29. The number of hydrogen-bond acceptors (Lipinski definition) is 6. The molecule has 6 N–H and O–H groups in total. The van der Waals surface area contributed by atoms with Crippen molar-refractivity contribution >= 4 is 31.9 Å². The highest BCUT2D eigenvalue weighted by molar-refractivity contribution is 7.72. The van der Waals surface area contributed by atoms with E-state index < -0.39 is 26.7 Å². The third kappa shape index (κ3) is 3.81. The Morgan fingerprint density at radius 2 is 1.67 bits per heavy atom. The molecule has 1 heterocycles. The summed E-state index contributed by atoms with van der Waals surface area (Å²) in [5.74, 6) is 0.469. The number of anilines is 1. The van der Waals surface area contributed by atoms with Crippen LogP contribution in [0.4, 0.5) is 5.82 Å². The molecule has 1 aromatic carbocycles. The van der Waals surface area contributed by atoms with Gasteiger partial charge < -0.3 is 30.0 Å². The number of fused-ring (bicyclic) bond motifs is 1. The number of hydrogen-bond donors (Lipinski definition) is 6. The highest BCUT2D eigenvalue weighted by Crippen LogP contribution is 2.69. The van der Waals surface area contributed by atoms with Crippen LogP contribution in [0.5, 0.6) is 0 Å². The van der Waals surface area contributed by atoms with Crippen LogP contribution < -0.4 is 5.32 Å². The first-order chi connectivity index (χ1) is 11.1. The summed E-state index contributed by atoms with van der Waals surface area (Å²) in [4.78, 5) is 44.4. The normalized spacial score (nSPS) is 13.2. The van der Waals surface area contributed by atoms with Crippen LogP contribution in [0.25, 0.3) is 10.9 Å². The number of aliphatic hydroxyl groups is 1. The second-order valence-corrected chi connectivity index (χ2v) is 9.14. The molecular weight excluding hydrogens is 360 g/mol. The predicted molar refractivity (Wildman–Crippen MR) is 86.3 cm³/mol. The lowest BCUT2D eigenvalue weighted by atomic mass is 10.2. The quantitative estimate of drug-likeness (QED) is 0.299. The number of nitrogens with zero attached hydrogens (tertiary/aromatic N) is 2. The minimum atomic E-state index is -5.42. The lowest BCUT2D eigenvalue weighted by Crippen LogP contribution is -2.29. The maximum Gasteiger partial charge on any atom is 0.369 e. The highest BCUT2D eigenvalue weighted by Gasteiger charge is 2.58. The lowest BCUT2D eigenvalue weighted by molar-refractivity contribution is 0.122. The van der Waals surface area contributed by atoms with Crippen molar-refractivity contribution in [2.24, 2.45) is 0 Å².